The topological polar surface area (TPSA) is 137 Å². The van der Waals surface area contributed by atoms with Crippen LogP contribution in [-0.4, -0.2) is 81.2 Å². The summed E-state index contributed by atoms with van der Waals surface area (Å²) >= 11 is 3.31. The third-order valence-corrected chi connectivity index (χ3v) is 5.36. The van der Waals surface area contributed by atoms with E-state index in [1.54, 1.807) is 46.0 Å². The van der Waals surface area contributed by atoms with Gasteiger partial charge in [-0.25, -0.2) is 9.78 Å². The number of para-hydroxylation sites is 1. The Morgan fingerprint density at radius 3 is 2.47 bits per heavy atom. The van der Waals surface area contributed by atoms with E-state index in [-0.39, 0.29) is 24.5 Å². The van der Waals surface area contributed by atoms with E-state index in [1.165, 1.54) is 11.1 Å². The fourth-order valence-electron chi connectivity index (χ4n) is 3.16. The van der Waals surface area contributed by atoms with E-state index in [0.717, 1.165) is 6.54 Å². The molecule has 0 radical (unpaired) electrons. The summed E-state index contributed by atoms with van der Waals surface area (Å²) in [4.78, 5) is 31.0. The molecule has 0 aliphatic heterocycles. The van der Waals surface area contributed by atoms with Gasteiger partial charge in [-0.2, -0.15) is 0 Å². The molecule has 1 heterocycles. The van der Waals surface area contributed by atoms with Crippen LogP contribution in [0.1, 0.15) is 36.7 Å². The lowest BCUT2D eigenvalue weighted by molar-refractivity contribution is 0.0281. The maximum absolute atomic E-state index is 13.0. The van der Waals surface area contributed by atoms with Gasteiger partial charge in [-0.1, -0.05) is 12.1 Å². The molecule has 0 spiro atoms. The molecule has 0 unspecified atom stereocenters. The van der Waals surface area contributed by atoms with Crippen molar-refractivity contribution in [2.24, 2.45) is 0 Å². The number of carbonyl (C=O) groups excluding carboxylic acids is 2. The summed E-state index contributed by atoms with van der Waals surface area (Å²) < 4.78 is 23.2. The number of pyridine rings is 1. The Morgan fingerprint density at radius 2 is 1.79 bits per heavy atom. The van der Waals surface area contributed by atoms with Gasteiger partial charge in [0.15, 0.2) is 0 Å². The first-order valence-electron chi connectivity index (χ1n) is 12.2. The molecular weight excluding hydrogens is 558 g/mol. The number of nitrogens with one attached hydrogen (secondary N) is 2. The molecule has 11 nitrogen and oxygen atoms in total. The van der Waals surface area contributed by atoms with Crippen LogP contribution >= 0.6 is 15.9 Å². The maximum Gasteiger partial charge on any atom is 0.410 e. The summed E-state index contributed by atoms with van der Waals surface area (Å²) in [5, 5.41) is 5.86. The van der Waals surface area contributed by atoms with Gasteiger partial charge in [0.2, 0.25) is 0 Å². The van der Waals surface area contributed by atoms with Crippen LogP contribution in [0.5, 0.6) is 5.75 Å². The van der Waals surface area contributed by atoms with Gasteiger partial charge in [-0.3, -0.25) is 4.79 Å². The van der Waals surface area contributed by atoms with Gasteiger partial charge in [0.05, 0.1) is 44.2 Å². The molecule has 2 aromatic rings. The van der Waals surface area contributed by atoms with Crippen molar-refractivity contribution in [3.63, 3.8) is 0 Å². The van der Waals surface area contributed by atoms with Gasteiger partial charge >= 0.3 is 6.09 Å². The van der Waals surface area contributed by atoms with Gasteiger partial charge < -0.3 is 40.2 Å². The van der Waals surface area contributed by atoms with Crippen molar-refractivity contribution >= 4 is 39.4 Å². The largest absolute Gasteiger partial charge is 0.489 e. The van der Waals surface area contributed by atoms with E-state index in [9.17, 15) is 9.59 Å². The van der Waals surface area contributed by atoms with Crippen LogP contribution in [0, 0.1) is 0 Å². The van der Waals surface area contributed by atoms with Crippen LogP contribution in [0.3, 0.4) is 0 Å². The molecule has 0 saturated carbocycles. The van der Waals surface area contributed by atoms with Gasteiger partial charge in [0.1, 0.15) is 23.8 Å². The Balaban J connectivity index is 2.16. The Morgan fingerprint density at radius 1 is 1.11 bits per heavy atom. The SMILES string of the molecule is CNCCOCCOCCOc1c(CN(C)C(=O)OC(C)(C)C)cccc1NC(=O)c1cc(Br)cnc1N. The number of nitrogens with zero attached hydrogens (tertiary/aromatic N) is 2. The smallest absolute Gasteiger partial charge is 0.410 e. The van der Waals surface area contributed by atoms with Crippen LogP contribution in [-0.2, 0) is 20.8 Å². The van der Waals surface area contributed by atoms with E-state index in [2.05, 4.69) is 31.5 Å². The maximum atomic E-state index is 13.0. The lowest BCUT2D eigenvalue weighted by Gasteiger charge is -2.25. The summed E-state index contributed by atoms with van der Waals surface area (Å²) in [5.74, 6) is 0.0553. The number of hydrogen-bond donors (Lipinski definition) is 3. The zero-order chi connectivity index (χ0) is 28.1. The number of rotatable bonds is 14. The van der Waals surface area contributed by atoms with Crippen molar-refractivity contribution in [3.8, 4) is 5.75 Å². The van der Waals surface area contributed by atoms with E-state index in [0.29, 0.717) is 47.9 Å². The minimum absolute atomic E-state index is 0.0966. The first-order chi connectivity index (χ1) is 18.0. The highest BCUT2D eigenvalue weighted by Gasteiger charge is 2.22. The first kappa shape index (κ1) is 31.3. The first-order valence-corrected chi connectivity index (χ1v) is 13.0. The average Bonchev–Trinajstić information content (AvgIpc) is 2.84. The third-order valence-electron chi connectivity index (χ3n) is 4.93. The number of halogens is 1. The second-order valence-corrected chi connectivity index (χ2v) is 10.3. The number of nitrogen functional groups attached to an aromatic ring is 1. The molecule has 0 aliphatic carbocycles. The monoisotopic (exact) mass is 595 g/mol. The molecule has 1 aromatic heterocycles. The van der Waals surface area contributed by atoms with Crippen molar-refractivity contribution in [1.82, 2.24) is 15.2 Å². The number of hydrogen-bond acceptors (Lipinski definition) is 9. The van der Waals surface area contributed by atoms with Gasteiger partial charge in [0, 0.05) is 29.8 Å². The molecule has 38 heavy (non-hydrogen) atoms. The average molecular weight is 597 g/mol. The van der Waals surface area contributed by atoms with Crippen LogP contribution in [0.15, 0.2) is 34.9 Å². The molecule has 2 rings (SSSR count). The summed E-state index contributed by atoms with van der Waals surface area (Å²) in [6.07, 6.45) is 1.03. The number of anilines is 2. The number of benzene rings is 1. The predicted octanol–water partition coefficient (Wildman–Crippen LogP) is 3.68. The van der Waals surface area contributed by atoms with Crippen LogP contribution < -0.4 is 21.1 Å². The quantitative estimate of drug-likeness (QED) is 0.279. The molecule has 0 aliphatic rings. The number of amides is 2. The normalized spacial score (nSPS) is 11.2. The molecule has 0 atom stereocenters. The Bertz CT molecular complexity index is 1060. The second-order valence-electron chi connectivity index (χ2n) is 9.35. The Labute approximate surface area is 232 Å². The van der Waals surface area contributed by atoms with Crippen molar-refractivity contribution in [2.45, 2.75) is 32.9 Å². The van der Waals surface area contributed by atoms with Crippen LogP contribution in [0.25, 0.3) is 0 Å². The molecule has 1 aromatic carbocycles. The highest BCUT2D eigenvalue weighted by molar-refractivity contribution is 9.10. The molecule has 12 heteroatoms. The number of likely N-dealkylation sites (N-methyl/N-ethyl adjacent to an activating group) is 1. The van der Waals surface area contributed by atoms with E-state index in [1.807, 2.05) is 13.1 Å². The van der Waals surface area contributed by atoms with Crippen LogP contribution in [0.4, 0.5) is 16.3 Å². The molecule has 0 fully saturated rings. The standard InChI is InChI=1S/C26H38BrN5O6/c1-26(2,3)38-25(34)32(5)17-18-7-6-8-21(31-24(33)20-15-19(27)16-30-23(20)28)22(18)37-14-13-36-12-11-35-10-9-29-4/h6-8,15-16,29H,9-14,17H2,1-5H3,(H2,28,30)(H,31,33). The fraction of sp³-hybridized carbons (Fsp3) is 0.500. The lowest BCUT2D eigenvalue weighted by atomic mass is 10.1. The van der Waals surface area contributed by atoms with Gasteiger partial charge in [-0.05, 0) is 55.9 Å². The number of ether oxygens (including phenoxy) is 4. The highest BCUT2D eigenvalue weighted by atomic mass is 79.9. The zero-order valence-electron chi connectivity index (χ0n) is 22.6. The van der Waals surface area contributed by atoms with E-state index < -0.39 is 17.6 Å². The fourth-order valence-corrected chi connectivity index (χ4v) is 3.49. The lowest BCUT2D eigenvalue weighted by Crippen LogP contribution is -2.34. The Hall–Kier alpha value is -2.93. The van der Waals surface area contributed by atoms with E-state index >= 15 is 0 Å². The molecule has 0 saturated heterocycles. The third kappa shape index (κ3) is 10.8. The molecule has 210 valence electrons. The van der Waals surface area contributed by atoms with E-state index in [4.69, 9.17) is 24.7 Å². The zero-order valence-corrected chi connectivity index (χ0v) is 24.2. The molecule has 0 bridgehead atoms. The molecule has 2 amide bonds. The second kappa shape index (κ2) is 15.5. The van der Waals surface area contributed by atoms with Crippen molar-refractivity contribution in [1.29, 1.82) is 0 Å². The van der Waals surface area contributed by atoms with Gasteiger partial charge in [0.25, 0.3) is 5.91 Å². The molecule has 4 N–H and O–H groups in total. The minimum Gasteiger partial charge on any atom is -0.489 e. The molecular formula is C26H38BrN5O6. The highest BCUT2D eigenvalue weighted by Crippen LogP contribution is 2.31. The van der Waals surface area contributed by atoms with Crippen molar-refractivity contribution < 1.29 is 28.5 Å². The minimum atomic E-state index is -0.632. The van der Waals surface area contributed by atoms with Crippen molar-refractivity contribution in [3.05, 3.63) is 46.1 Å². The summed E-state index contributed by atoms with van der Waals surface area (Å²) in [6, 6.07) is 6.88. The number of aromatic nitrogens is 1. The number of carbonyl (C=O) groups is 2. The summed E-state index contributed by atoms with van der Waals surface area (Å²) in [6.45, 7) is 8.40. The van der Waals surface area contributed by atoms with Crippen LogP contribution in [0.2, 0.25) is 0 Å². The summed E-state index contributed by atoms with van der Waals surface area (Å²) in [5.41, 5.74) is 6.58. The predicted molar refractivity (Wildman–Crippen MR) is 150 cm³/mol. The van der Waals surface area contributed by atoms with Crippen molar-refractivity contribution in [2.75, 3.05) is 64.7 Å². The Kier molecular flexibility index (Phi) is 12.7. The summed E-state index contributed by atoms with van der Waals surface area (Å²) in [7, 11) is 3.50. The number of nitrogens with two attached hydrogens (primary N) is 1. The van der Waals surface area contributed by atoms with Gasteiger partial charge in [-0.15, -0.1) is 0 Å².